The number of hydrogen-bond acceptors (Lipinski definition) is 4. The maximum Gasteiger partial charge on any atom is 0.256 e. The Labute approximate surface area is 171 Å². The van der Waals surface area contributed by atoms with Crippen molar-refractivity contribution >= 4 is 28.5 Å². The molecule has 0 aliphatic carbocycles. The molecule has 4 rings (SSSR count). The Kier molecular flexibility index (Phi) is 5.49. The average Bonchev–Trinajstić information content (AvgIpc) is 3.23. The maximum absolute atomic E-state index is 13.4. The summed E-state index contributed by atoms with van der Waals surface area (Å²) in [4.78, 5) is 16.8. The molecular weight excluding hydrogens is 455 g/mol. The first-order valence-corrected chi connectivity index (χ1v) is 9.89. The number of aromatic nitrogens is 3. The fourth-order valence-corrected chi connectivity index (χ4v) is 3.96. The smallest absolute Gasteiger partial charge is 0.256 e. The van der Waals surface area contributed by atoms with E-state index in [4.69, 9.17) is 4.74 Å². The first kappa shape index (κ1) is 18.1. The minimum Gasteiger partial charge on any atom is -0.377 e. The van der Waals surface area contributed by atoms with Crippen LogP contribution in [0.5, 0.6) is 0 Å². The van der Waals surface area contributed by atoms with Crippen LogP contribution in [0.1, 0.15) is 15.9 Å². The van der Waals surface area contributed by atoms with E-state index >= 15 is 0 Å². The molecule has 2 heterocycles. The largest absolute Gasteiger partial charge is 0.377 e. The second kappa shape index (κ2) is 8.18. The number of carbonyl (C=O) groups excluding carboxylic acids is 1. The number of halogens is 1. The van der Waals surface area contributed by atoms with Gasteiger partial charge < -0.3 is 9.64 Å². The molecule has 6 nitrogen and oxygen atoms in total. The van der Waals surface area contributed by atoms with E-state index in [1.165, 1.54) is 13.9 Å². The van der Waals surface area contributed by atoms with Gasteiger partial charge in [-0.1, -0.05) is 24.3 Å². The Morgan fingerprint density at radius 2 is 1.96 bits per heavy atom. The second-order valence-electron chi connectivity index (χ2n) is 6.40. The minimum absolute atomic E-state index is 0.00286. The van der Waals surface area contributed by atoms with E-state index in [1.807, 2.05) is 35.2 Å². The normalized spacial score (nSPS) is 17.1. The SMILES string of the molecule is O=C(c1ccccc1-n1nccn1)N1CCOC[C@H]1Cc1cccc(I)c1. The summed E-state index contributed by atoms with van der Waals surface area (Å²) in [6, 6.07) is 15.8. The molecular formula is C20H19IN4O2. The van der Waals surface area contributed by atoms with Gasteiger partial charge in [-0.2, -0.15) is 15.0 Å². The van der Waals surface area contributed by atoms with Crippen LogP contribution in [0.4, 0.5) is 0 Å². The van der Waals surface area contributed by atoms with Gasteiger partial charge in [0.25, 0.3) is 5.91 Å². The van der Waals surface area contributed by atoms with E-state index in [2.05, 4.69) is 51.0 Å². The molecule has 0 bridgehead atoms. The number of hydrogen-bond donors (Lipinski definition) is 0. The highest BCUT2D eigenvalue weighted by atomic mass is 127. The number of morpholine rings is 1. The zero-order valence-electron chi connectivity index (χ0n) is 14.7. The number of para-hydroxylation sites is 1. The van der Waals surface area contributed by atoms with Crippen LogP contribution in [0.3, 0.4) is 0 Å². The van der Waals surface area contributed by atoms with Gasteiger partial charge in [-0.05, 0) is 58.8 Å². The van der Waals surface area contributed by atoms with Crippen LogP contribution >= 0.6 is 22.6 Å². The van der Waals surface area contributed by atoms with Gasteiger partial charge in [0.2, 0.25) is 0 Å². The van der Waals surface area contributed by atoms with E-state index in [0.29, 0.717) is 31.0 Å². The molecule has 0 saturated carbocycles. The van der Waals surface area contributed by atoms with Crippen molar-refractivity contribution in [2.75, 3.05) is 19.8 Å². The van der Waals surface area contributed by atoms with Crippen molar-refractivity contribution in [1.29, 1.82) is 0 Å². The van der Waals surface area contributed by atoms with Gasteiger partial charge in [0.05, 0.1) is 42.9 Å². The molecule has 1 aliphatic rings. The van der Waals surface area contributed by atoms with Crippen LogP contribution in [0, 0.1) is 3.57 Å². The molecule has 3 aromatic rings. The molecule has 27 heavy (non-hydrogen) atoms. The third-order valence-corrected chi connectivity index (χ3v) is 5.29. The van der Waals surface area contributed by atoms with Gasteiger partial charge in [-0.25, -0.2) is 0 Å². The van der Waals surface area contributed by atoms with Crippen molar-refractivity contribution in [1.82, 2.24) is 19.9 Å². The first-order chi connectivity index (χ1) is 13.2. The fourth-order valence-electron chi connectivity index (χ4n) is 3.35. The van der Waals surface area contributed by atoms with Gasteiger partial charge in [-0.3, -0.25) is 4.79 Å². The van der Waals surface area contributed by atoms with Crippen molar-refractivity contribution in [3.8, 4) is 5.69 Å². The molecule has 1 aromatic heterocycles. The Bertz CT molecular complexity index is 929. The third-order valence-electron chi connectivity index (χ3n) is 4.62. The van der Waals surface area contributed by atoms with Crippen LogP contribution in [0.25, 0.3) is 5.69 Å². The molecule has 7 heteroatoms. The number of nitrogens with zero attached hydrogens (tertiary/aromatic N) is 4. The highest BCUT2D eigenvalue weighted by Crippen LogP contribution is 2.21. The van der Waals surface area contributed by atoms with Gasteiger partial charge >= 0.3 is 0 Å². The molecule has 1 atom stereocenters. The van der Waals surface area contributed by atoms with E-state index in [1.54, 1.807) is 12.4 Å². The molecule has 0 radical (unpaired) electrons. The lowest BCUT2D eigenvalue weighted by molar-refractivity contribution is -0.00165. The highest BCUT2D eigenvalue weighted by Gasteiger charge is 2.30. The van der Waals surface area contributed by atoms with E-state index in [0.717, 1.165) is 6.42 Å². The van der Waals surface area contributed by atoms with E-state index in [9.17, 15) is 4.79 Å². The summed E-state index contributed by atoms with van der Waals surface area (Å²) in [6.07, 6.45) is 3.98. The van der Waals surface area contributed by atoms with Gasteiger partial charge in [-0.15, -0.1) is 0 Å². The molecule has 0 N–H and O–H groups in total. The summed E-state index contributed by atoms with van der Waals surface area (Å²) in [6.45, 7) is 1.67. The van der Waals surface area contributed by atoms with Crippen LogP contribution in [0.15, 0.2) is 60.9 Å². The first-order valence-electron chi connectivity index (χ1n) is 8.81. The summed E-state index contributed by atoms with van der Waals surface area (Å²) >= 11 is 2.31. The highest BCUT2D eigenvalue weighted by molar-refractivity contribution is 14.1. The Balaban J connectivity index is 1.62. The number of benzene rings is 2. The van der Waals surface area contributed by atoms with Crippen molar-refractivity contribution in [3.05, 3.63) is 75.6 Å². The summed E-state index contributed by atoms with van der Waals surface area (Å²) in [7, 11) is 0. The van der Waals surface area contributed by atoms with E-state index < -0.39 is 0 Å². The monoisotopic (exact) mass is 474 g/mol. The molecule has 1 aliphatic heterocycles. The summed E-state index contributed by atoms with van der Waals surface area (Å²) in [5, 5.41) is 8.36. The Morgan fingerprint density at radius 1 is 1.15 bits per heavy atom. The minimum atomic E-state index is -0.0122. The standard InChI is InChI=1S/C20H19IN4O2/c21-16-5-3-4-15(12-16)13-17-14-27-11-10-24(17)20(26)18-6-1-2-7-19(18)25-22-8-9-23-25/h1-9,12,17H,10-11,13-14H2/t17-/m1/s1. The lowest BCUT2D eigenvalue weighted by Crippen LogP contribution is -2.50. The molecule has 1 fully saturated rings. The predicted octanol–water partition coefficient (Wildman–Crippen LogP) is 2.96. The fraction of sp³-hybridized carbons (Fsp3) is 0.250. The maximum atomic E-state index is 13.4. The van der Waals surface area contributed by atoms with Gasteiger partial charge in [0.1, 0.15) is 0 Å². The third kappa shape index (κ3) is 4.03. The zero-order chi connectivity index (χ0) is 18.6. The van der Waals surface area contributed by atoms with Gasteiger partial charge in [0, 0.05) is 10.1 Å². The van der Waals surface area contributed by atoms with E-state index in [-0.39, 0.29) is 11.9 Å². The molecule has 0 unspecified atom stereocenters. The molecule has 2 aromatic carbocycles. The van der Waals surface area contributed by atoms with Crippen molar-refractivity contribution in [3.63, 3.8) is 0 Å². The molecule has 138 valence electrons. The lowest BCUT2D eigenvalue weighted by Gasteiger charge is -2.36. The summed E-state index contributed by atoms with van der Waals surface area (Å²) < 4.78 is 6.87. The number of carbonyl (C=O) groups is 1. The van der Waals surface area contributed by atoms with Gasteiger partial charge in [0.15, 0.2) is 0 Å². The number of ether oxygens (including phenoxy) is 1. The number of rotatable bonds is 4. The molecule has 1 amide bonds. The average molecular weight is 474 g/mol. The molecule has 0 spiro atoms. The van der Waals surface area contributed by atoms with Crippen molar-refractivity contribution in [2.45, 2.75) is 12.5 Å². The Morgan fingerprint density at radius 3 is 2.78 bits per heavy atom. The summed E-state index contributed by atoms with van der Waals surface area (Å²) in [5.41, 5.74) is 2.49. The Hall–Kier alpha value is -2.26. The molecule has 1 saturated heterocycles. The summed E-state index contributed by atoms with van der Waals surface area (Å²) in [5.74, 6) is -0.0122. The number of amides is 1. The van der Waals surface area contributed by atoms with Crippen LogP contribution < -0.4 is 0 Å². The van der Waals surface area contributed by atoms with Crippen molar-refractivity contribution < 1.29 is 9.53 Å². The lowest BCUT2D eigenvalue weighted by atomic mass is 10.0. The predicted molar refractivity (Wildman–Crippen MR) is 110 cm³/mol. The van der Waals surface area contributed by atoms with Crippen molar-refractivity contribution in [2.24, 2.45) is 0 Å². The second-order valence-corrected chi connectivity index (χ2v) is 7.64. The van der Waals surface area contributed by atoms with Crippen LogP contribution in [-0.4, -0.2) is 51.6 Å². The topological polar surface area (TPSA) is 60.2 Å². The zero-order valence-corrected chi connectivity index (χ0v) is 16.8. The quantitative estimate of drug-likeness (QED) is 0.546. The van der Waals surface area contributed by atoms with Crippen LogP contribution in [0.2, 0.25) is 0 Å². The van der Waals surface area contributed by atoms with Crippen LogP contribution in [-0.2, 0) is 11.2 Å².